The van der Waals surface area contributed by atoms with Gasteiger partial charge in [0.2, 0.25) is 5.91 Å². The van der Waals surface area contributed by atoms with Gasteiger partial charge in [-0.1, -0.05) is 13.8 Å². The summed E-state index contributed by atoms with van der Waals surface area (Å²) in [6.45, 7) is 4.96. The van der Waals surface area contributed by atoms with Crippen LogP contribution in [0.25, 0.3) is 0 Å². The lowest BCUT2D eigenvalue weighted by Crippen LogP contribution is -2.52. The molecule has 0 aromatic heterocycles. The first-order valence-corrected chi connectivity index (χ1v) is 7.03. The van der Waals surface area contributed by atoms with Gasteiger partial charge in [-0.05, 0) is 30.1 Å². The average molecular weight is 266 g/mol. The number of carbonyl (C=O) groups excluding carboxylic acids is 2. The summed E-state index contributed by atoms with van der Waals surface area (Å²) >= 11 is 0. The smallest absolute Gasteiger partial charge is 0.328 e. The van der Waals surface area contributed by atoms with Crippen molar-refractivity contribution >= 4 is 11.9 Å². The van der Waals surface area contributed by atoms with E-state index >= 15 is 0 Å². The molecule has 0 aromatic carbocycles. The predicted octanol–water partition coefficient (Wildman–Crippen LogP) is 0.380. The lowest BCUT2D eigenvalue weighted by Gasteiger charge is -2.31. The van der Waals surface area contributed by atoms with Gasteiger partial charge in [0, 0.05) is 12.5 Å². The van der Waals surface area contributed by atoms with Crippen molar-refractivity contribution in [1.82, 2.24) is 4.90 Å². The monoisotopic (exact) mass is 266 g/mol. The lowest BCUT2D eigenvalue weighted by molar-refractivity contribution is -0.153. The minimum atomic E-state index is -0.437. The Hall–Kier alpha value is -1.10. The van der Waals surface area contributed by atoms with Gasteiger partial charge in [0.1, 0.15) is 6.04 Å². The molecule has 3 fully saturated rings. The number of fused-ring (bicyclic) bond motifs is 1. The number of nitrogens with zero attached hydrogens (tertiary/aromatic N) is 1. The summed E-state index contributed by atoms with van der Waals surface area (Å²) in [6.07, 6.45) is 2.06. The Bertz CT molecular complexity index is 430. The maximum absolute atomic E-state index is 12.4. The summed E-state index contributed by atoms with van der Waals surface area (Å²) in [7, 11) is 1.38. The number of methoxy groups -OCH3 is 1. The molecule has 5 heteroatoms. The molecule has 3 rings (SSSR count). The molecule has 0 radical (unpaired) electrons. The van der Waals surface area contributed by atoms with E-state index in [-0.39, 0.29) is 23.2 Å². The third-order valence-corrected chi connectivity index (χ3v) is 5.35. The van der Waals surface area contributed by atoms with Crippen molar-refractivity contribution in [2.75, 3.05) is 13.7 Å². The summed E-state index contributed by atoms with van der Waals surface area (Å²) in [4.78, 5) is 26.1. The fourth-order valence-electron chi connectivity index (χ4n) is 3.75. The zero-order valence-corrected chi connectivity index (χ0v) is 11.8. The quantitative estimate of drug-likeness (QED) is 0.750. The molecule has 5 nitrogen and oxygen atoms in total. The van der Waals surface area contributed by atoms with E-state index in [0.717, 1.165) is 12.8 Å². The number of esters is 1. The summed E-state index contributed by atoms with van der Waals surface area (Å²) in [5, 5.41) is 0. The van der Waals surface area contributed by atoms with Gasteiger partial charge in [0.15, 0.2) is 0 Å². The highest BCUT2D eigenvalue weighted by Gasteiger charge is 2.70. The summed E-state index contributed by atoms with van der Waals surface area (Å²) < 4.78 is 4.89. The molecule has 2 N–H and O–H groups in total. The predicted molar refractivity (Wildman–Crippen MR) is 69.0 cm³/mol. The zero-order valence-electron chi connectivity index (χ0n) is 11.8. The van der Waals surface area contributed by atoms with Crippen molar-refractivity contribution < 1.29 is 14.3 Å². The number of likely N-dealkylation sites (tertiary alicyclic amines) is 1. The van der Waals surface area contributed by atoms with Gasteiger partial charge in [-0.3, -0.25) is 4.79 Å². The van der Waals surface area contributed by atoms with Crippen molar-refractivity contribution in [2.24, 2.45) is 28.9 Å². The lowest BCUT2D eigenvalue weighted by atomic mass is 10.00. The second kappa shape index (κ2) is 3.95. The van der Waals surface area contributed by atoms with Gasteiger partial charge < -0.3 is 15.4 Å². The van der Waals surface area contributed by atoms with Crippen LogP contribution in [-0.4, -0.2) is 42.5 Å². The molecule has 0 bridgehead atoms. The number of carbonyl (C=O) groups is 2. The van der Waals surface area contributed by atoms with Crippen LogP contribution in [-0.2, 0) is 14.3 Å². The number of amides is 1. The molecule has 1 saturated heterocycles. The fourth-order valence-corrected chi connectivity index (χ4v) is 3.75. The zero-order chi connectivity index (χ0) is 13.9. The molecule has 2 aliphatic carbocycles. The number of nitrogens with two attached hydrogens (primary N) is 1. The Morgan fingerprint density at radius 2 is 2.00 bits per heavy atom. The SMILES string of the molecule is COC(=O)[C@@H]1[C@@H]2[C@H](CN1C(=O)[C@@H](N)C1CC1)C2(C)C. The third-order valence-electron chi connectivity index (χ3n) is 5.35. The summed E-state index contributed by atoms with van der Waals surface area (Å²) in [5.74, 6) is 0.591. The number of hydrogen-bond donors (Lipinski definition) is 1. The topological polar surface area (TPSA) is 72.6 Å². The maximum Gasteiger partial charge on any atom is 0.328 e. The summed E-state index contributed by atoms with van der Waals surface area (Å²) in [6, 6.07) is -0.866. The molecule has 0 unspecified atom stereocenters. The van der Waals surface area contributed by atoms with Gasteiger partial charge in [0.25, 0.3) is 0 Å². The number of hydrogen-bond acceptors (Lipinski definition) is 4. The standard InChI is InChI=1S/C14H22N2O3/c1-14(2)8-6-16(11(9(8)14)13(18)19-3)12(17)10(15)7-4-5-7/h7-11H,4-6,15H2,1-3H3/t8-,9-,10-,11-/m0/s1. The van der Waals surface area contributed by atoms with Gasteiger partial charge >= 0.3 is 5.97 Å². The van der Waals surface area contributed by atoms with Crippen molar-refractivity contribution in [3.63, 3.8) is 0 Å². The molecule has 2 saturated carbocycles. The minimum absolute atomic E-state index is 0.0686. The second-order valence-electron chi connectivity index (χ2n) is 6.78. The summed E-state index contributed by atoms with van der Waals surface area (Å²) in [5.41, 5.74) is 6.13. The van der Waals surface area contributed by atoms with Gasteiger partial charge in [-0.15, -0.1) is 0 Å². The van der Waals surface area contributed by atoms with Crippen LogP contribution in [0.3, 0.4) is 0 Å². The molecule has 0 spiro atoms. The molecule has 1 amide bonds. The highest BCUT2D eigenvalue weighted by molar-refractivity contribution is 5.89. The first-order valence-electron chi connectivity index (χ1n) is 7.03. The van der Waals surface area contributed by atoms with E-state index in [2.05, 4.69) is 13.8 Å². The van der Waals surface area contributed by atoms with Crippen LogP contribution >= 0.6 is 0 Å². The first-order chi connectivity index (χ1) is 8.89. The Kier molecular flexibility index (Phi) is 2.68. The van der Waals surface area contributed by atoms with Crippen LogP contribution in [0.2, 0.25) is 0 Å². The van der Waals surface area contributed by atoms with Crippen LogP contribution in [0, 0.1) is 23.2 Å². The van der Waals surface area contributed by atoms with Crippen LogP contribution in [0.5, 0.6) is 0 Å². The van der Waals surface area contributed by atoms with Gasteiger partial charge in [0.05, 0.1) is 13.2 Å². The van der Waals surface area contributed by atoms with Crippen molar-refractivity contribution in [2.45, 2.75) is 38.8 Å². The Morgan fingerprint density at radius 1 is 1.37 bits per heavy atom. The Balaban J connectivity index is 1.78. The van der Waals surface area contributed by atoms with E-state index in [0.29, 0.717) is 18.4 Å². The normalized spacial score (nSPS) is 36.6. The number of piperidine rings is 1. The molecule has 3 aliphatic rings. The van der Waals surface area contributed by atoms with E-state index in [1.165, 1.54) is 7.11 Å². The van der Waals surface area contributed by atoms with Gasteiger partial charge in [-0.2, -0.15) is 0 Å². The van der Waals surface area contributed by atoms with Crippen molar-refractivity contribution in [3.05, 3.63) is 0 Å². The van der Waals surface area contributed by atoms with Gasteiger partial charge in [-0.25, -0.2) is 4.79 Å². The highest BCUT2D eigenvalue weighted by Crippen LogP contribution is 2.65. The first kappa shape index (κ1) is 12.9. The fraction of sp³-hybridized carbons (Fsp3) is 0.857. The third kappa shape index (κ3) is 1.78. The molecule has 1 heterocycles. The van der Waals surface area contributed by atoms with Crippen LogP contribution < -0.4 is 5.73 Å². The molecule has 4 atom stereocenters. The molecular formula is C14H22N2O3. The highest BCUT2D eigenvalue weighted by atomic mass is 16.5. The maximum atomic E-state index is 12.4. The molecular weight excluding hydrogens is 244 g/mol. The molecule has 19 heavy (non-hydrogen) atoms. The van der Waals surface area contributed by atoms with E-state index in [4.69, 9.17) is 10.5 Å². The largest absolute Gasteiger partial charge is 0.467 e. The average Bonchev–Trinajstić information content (AvgIpc) is 3.24. The van der Waals surface area contributed by atoms with E-state index < -0.39 is 12.1 Å². The van der Waals surface area contributed by atoms with Crippen LogP contribution in [0.1, 0.15) is 26.7 Å². The Labute approximate surface area is 113 Å². The van der Waals surface area contributed by atoms with E-state index in [1.54, 1.807) is 4.90 Å². The van der Waals surface area contributed by atoms with Crippen LogP contribution in [0.4, 0.5) is 0 Å². The molecule has 0 aromatic rings. The second-order valence-corrected chi connectivity index (χ2v) is 6.78. The molecule has 106 valence electrons. The minimum Gasteiger partial charge on any atom is -0.467 e. The number of rotatable bonds is 3. The van der Waals surface area contributed by atoms with Crippen molar-refractivity contribution in [3.8, 4) is 0 Å². The Morgan fingerprint density at radius 3 is 2.53 bits per heavy atom. The van der Waals surface area contributed by atoms with E-state index in [1.807, 2.05) is 0 Å². The van der Waals surface area contributed by atoms with Crippen LogP contribution in [0.15, 0.2) is 0 Å². The molecule has 1 aliphatic heterocycles. The van der Waals surface area contributed by atoms with Crippen molar-refractivity contribution in [1.29, 1.82) is 0 Å². The number of ether oxygens (including phenoxy) is 1. The van der Waals surface area contributed by atoms with E-state index in [9.17, 15) is 9.59 Å².